The van der Waals surface area contributed by atoms with Crippen LogP contribution in [-0.4, -0.2) is 60.5 Å². The Bertz CT molecular complexity index is 347. The van der Waals surface area contributed by atoms with Gasteiger partial charge in [-0.15, -0.1) is 0 Å². The standard InChI is InChI=1S/C15H26N2O3/c1-3-20-15(19)11-17(13-4-5-13)10-14(18)16-8-6-12(2)7-9-16/h12-13H,3-11H2,1-2H3. The van der Waals surface area contributed by atoms with Crippen LogP contribution in [0.5, 0.6) is 0 Å². The predicted octanol–water partition coefficient (Wildman–Crippen LogP) is 1.27. The molecular weight excluding hydrogens is 256 g/mol. The van der Waals surface area contributed by atoms with Crippen LogP contribution in [0.2, 0.25) is 0 Å². The Kier molecular flexibility index (Phi) is 5.40. The summed E-state index contributed by atoms with van der Waals surface area (Å²) < 4.78 is 4.99. The minimum Gasteiger partial charge on any atom is -0.465 e. The molecule has 114 valence electrons. The van der Waals surface area contributed by atoms with Crippen LogP contribution in [0.3, 0.4) is 0 Å². The fourth-order valence-electron chi connectivity index (χ4n) is 2.66. The second kappa shape index (κ2) is 7.07. The van der Waals surface area contributed by atoms with Crippen LogP contribution in [0, 0.1) is 5.92 Å². The number of rotatable bonds is 6. The Labute approximate surface area is 121 Å². The number of carbonyl (C=O) groups is 2. The fourth-order valence-corrected chi connectivity index (χ4v) is 2.66. The highest BCUT2D eigenvalue weighted by atomic mass is 16.5. The van der Waals surface area contributed by atoms with Crippen LogP contribution in [0.15, 0.2) is 0 Å². The summed E-state index contributed by atoms with van der Waals surface area (Å²) in [4.78, 5) is 27.8. The van der Waals surface area contributed by atoms with Crippen molar-refractivity contribution in [2.45, 2.75) is 45.6 Å². The highest BCUT2D eigenvalue weighted by molar-refractivity contribution is 5.79. The topological polar surface area (TPSA) is 49.9 Å². The summed E-state index contributed by atoms with van der Waals surface area (Å²) in [5, 5.41) is 0. The molecule has 5 nitrogen and oxygen atoms in total. The Morgan fingerprint density at radius 3 is 2.35 bits per heavy atom. The van der Waals surface area contributed by atoms with Gasteiger partial charge in [-0.05, 0) is 38.5 Å². The van der Waals surface area contributed by atoms with E-state index >= 15 is 0 Å². The molecule has 0 bridgehead atoms. The zero-order valence-corrected chi connectivity index (χ0v) is 12.6. The molecule has 1 saturated heterocycles. The molecule has 0 radical (unpaired) electrons. The number of esters is 1. The average molecular weight is 282 g/mol. The van der Waals surface area contributed by atoms with Gasteiger partial charge in [-0.3, -0.25) is 14.5 Å². The predicted molar refractivity (Wildman–Crippen MR) is 76.2 cm³/mol. The third-order valence-corrected chi connectivity index (χ3v) is 4.18. The van der Waals surface area contributed by atoms with E-state index in [4.69, 9.17) is 4.74 Å². The maximum absolute atomic E-state index is 12.3. The molecule has 1 amide bonds. The maximum atomic E-state index is 12.3. The molecular formula is C15H26N2O3. The van der Waals surface area contributed by atoms with Gasteiger partial charge in [0.1, 0.15) is 0 Å². The van der Waals surface area contributed by atoms with Gasteiger partial charge in [-0.25, -0.2) is 0 Å². The van der Waals surface area contributed by atoms with Crippen LogP contribution in [0.1, 0.15) is 39.5 Å². The molecule has 1 aliphatic carbocycles. The zero-order chi connectivity index (χ0) is 14.5. The Morgan fingerprint density at radius 1 is 1.15 bits per heavy atom. The van der Waals surface area contributed by atoms with E-state index in [1.54, 1.807) is 6.92 Å². The third kappa shape index (κ3) is 4.47. The van der Waals surface area contributed by atoms with E-state index in [1.807, 2.05) is 9.80 Å². The summed E-state index contributed by atoms with van der Waals surface area (Å²) in [5.41, 5.74) is 0. The third-order valence-electron chi connectivity index (χ3n) is 4.18. The molecule has 0 N–H and O–H groups in total. The minimum absolute atomic E-state index is 0.160. The van der Waals surface area contributed by atoms with Gasteiger partial charge >= 0.3 is 5.97 Å². The largest absolute Gasteiger partial charge is 0.465 e. The summed E-state index contributed by atoms with van der Waals surface area (Å²) in [7, 11) is 0. The number of amides is 1. The molecule has 20 heavy (non-hydrogen) atoms. The number of hydrogen-bond donors (Lipinski definition) is 0. The number of nitrogens with zero attached hydrogens (tertiary/aromatic N) is 2. The maximum Gasteiger partial charge on any atom is 0.320 e. The first-order valence-corrected chi connectivity index (χ1v) is 7.77. The lowest BCUT2D eigenvalue weighted by Gasteiger charge is -2.32. The first-order chi connectivity index (χ1) is 9.60. The second-order valence-electron chi connectivity index (χ2n) is 6.00. The first-order valence-electron chi connectivity index (χ1n) is 7.77. The zero-order valence-electron chi connectivity index (χ0n) is 12.6. The molecule has 0 aromatic heterocycles. The van der Waals surface area contributed by atoms with Crippen molar-refractivity contribution < 1.29 is 14.3 Å². The van der Waals surface area contributed by atoms with Crippen molar-refractivity contribution in [3.05, 3.63) is 0 Å². The van der Waals surface area contributed by atoms with E-state index in [2.05, 4.69) is 6.92 Å². The van der Waals surface area contributed by atoms with Gasteiger partial charge in [0.05, 0.1) is 19.7 Å². The normalized spacial score (nSPS) is 20.2. The second-order valence-corrected chi connectivity index (χ2v) is 6.00. The molecule has 2 aliphatic rings. The first kappa shape index (κ1) is 15.3. The monoisotopic (exact) mass is 282 g/mol. The highest BCUT2D eigenvalue weighted by Crippen LogP contribution is 2.27. The van der Waals surface area contributed by atoms with Crippen molar-refractivity contribution in [1.29, 1.82) is 0 Å². The molecule has 1 saturated carbocycles. The van der Waals surface area contributed by atoms with E-state index in [0.717, 1.165) is 44.7 Å². The summed E-state index contributed by atoms with van der Waals surface area (Å²) in [6.45, 7) is 6.76. The van der Waals surface area contributed by atoms with Crippen LogP contribution < -0.4 is 0 Å². The minimum atomic E-state index is -0.223. The van der Waals surface area contributed by atoms with E-state index in [-0.39, 0.29) is 18.4 Å². The molecule has 5 heteroatoms. The van der Waals surface area contributed by atoms with Crippen LogP contribution in [0.25, 0.3) is 0 Å². The lowest BCUT2D eigenvalue weighted by Crippen LogP contribution is -2.46. The van der Waals surface area contributed by atoms with Crippen molar-refractivity contribution in [2.24, 2.45) is 5.92 Å². The fraction of sp³-hybridized carbons (Fsp3) is 0.867. The molecule has 2 rings (SSSR count). The lowest BCUT2D eigenvalue weighted by molar-refractivity contribution is -0.145. The quantitative estimate of drug-likeness (QED) is 0.689. The van der Waals surface area contributed by atoms with Gasteiger partial charge in [0, 0.05) is 19.1 Å². The molecule has 0 unspecified atom stereocenters. The number of hydrogen-bond acceptors (Lipinski definition) is 4. The highest BCUT2D eigenvalue weighted by Gasteiger charge is 2.33. The molecule has 0 spiro atoms. The number of ether oxygens (including phenoxy) is 1. The van der Waals surface area contributed by atoms with Crippen LogP contribution in [0.4, 0.5) is 0 Å². The SMILES string of the molecule is CCOC(=O)CN(CC(=O)N1CCC(C)CC1)C1CC1. The van der Waals surface area contributed by atoms with Crippen molar-refractivity contribution in [3.8, 4) is 0 Å². The van der Waals surface area contributed by atoms with Gasteiger partial charge in [0.2, 0.25) is 5.91 Å². The number of piperidine rings is 1. The Morgan fingerprint density at radius 2 is 1.80 bits per heavy atom. The van der Waals surface area contributed by atoms with E-state index < -0.39 is 0 Å². The summed E-state index contributed by atoms with van der Waals surface area (Å²) in [6.07, 6.45) is 4.35. The molecule has 0 aromatic carbocycles. The lowest BCUT2D eigenvalue weighted by atomic mass is 9.99. The summed E-state index contributed by atoms with van der Waals surface area (Å²) in [6, 6.07) is 0.395. The molecule has 1 aliphatic heterocycles. The number of likely N-dealkylation sites (tertiary alicyclic amines) is 1. The average Bonchev–Trinajstić information content (AvgIpc) is 3.23. The summed E-state index contributed by atoms with van der Waals surface area (Å²) in [5.74, 6) is 0.658. The Hall–Kier alpha value is -1.10. The van der Waals surface area contributed by atoms with Gasteiger partial charge in [-0.1, -0.05) is 6.92 Å². The molecule has 1 heterocycles. The van der Waals surface area contributed by atoms with E-state index in [0.29, 0.717) is 19.2 Å². The van der Waals surface area contributed by atoms with E-state index in [1.165, 1.54) is 0 Å². The van der Waals surface area contributed by atoms with Crippen molar-refractivity contribution in [3.63, 3.8) is 0 Å². The number of carbonyl (C=O) groups excluding carboxylic acids is 2. The smallest absolute Gasteiger partial charge is 0.320 e. The van der Waals surface area contributed by atoms with Crippen molar-refractivity contribution in [1.82, 2.24) is 9.80 Å². The van der Waals surface area contributed by atoms with Gasteiger partial charge < -0.3 is 9.64 Å². The van der Waals surface area contributed by atoms with Crippen LogP contribution >= 0.6 is 0 Å². The van der Waals surface area contributed by atoms with Crippen molar-refractivity contribution in [2.75, 3.05) is 32.8 Å². The molecule has 0 atom stereocenters. The van der Waals surface area contributed by atoms with Crippen molar-refractivity contribution >= 4 is 11.9 Å². The van der Waals surface area contributed by atoms with Gasteiger partial charge in [0.15, 0.2) is 0 Å². The van der Waals surface area contributed by atoms with Gasteiger partial charge in [-0.2, -0.15) is 0 Å². The Balaban J connectivity index is 1.81. The van der Waals surface area contributed by atoms with E-state index in [9.17, 15) is 9.59 Å². The van der Waals surface area contributed by atoms with Gasteiger partial charge in [0.25, 0.3) is 0 Å². The summed E-state index contributed by atoms with van der Waals surface area (Å²) >= 11 is 0. The van der Waals surface area contributed by atoms with Crippen LogP contribution in [-0.2, 0) is 14.3 Å². The molecule has 0 aromatic rings. The molecule has 2 fully saturated rings.